The molecule has 0 saturated carbocycles. The molecule has 1 aromatic carbocycles. The summed E-state index contributed by atoms with van der Waals surface area (Å²) < 4.78 is 1.94. The number of piperazine rings is 1. The molecule has 1 fully saturated rings. The fourth-order valence-electron chi connectivity index (χ4n) is 3.71. The smallest absolute Gasteiger partial charge is 0.227 e. The molecule has 2 aromatic rings. The van der Waals surface area contributed by atoms with Crippen molar-refractivity contribution in [2.75, 3.05) is 32.7 Å². The van der Waals surface area contributed by atoms with Crippen LogP contribution in [0.5, 0.6) is 0 Å². The number of carbonyl (C=O) groups is 1. The van der Waals surface area contributed by atoms with Crippen LogP contribution in [-0.4, -0.2) is 58.2 Å². The fourth-order valence-corrected chi connectivity index (χ4v) is 3.71. The molecule has 0 N–H and O–H groups in total. The molecule has 0 bridgehead atoms. The Kier molecular flexibility index (Phi) is 5.77. The zero-order valence-electron chi connectivity index (χ0n) is 16.4. The van der Waals surface area contributed by atoms with E-state index in [1.165, 1.54) is 0 Å². The molecule has 1 amide bonds. The van der Waals surface area contributed by atoms with Crippen LogP contribution in [0.1, 0.15) is 30.8 Å². The Bertz CT molecular complexity index is 743. The van der Waals surface area contributed by atoms with Gasteiger partial charge in [0, 0.05) is 44.0 Å². The maximum Gasteiger partial charge on any atom is 0.227 e. The van der Waals surface area contributed by atoms with Gasteiger partial charge in [-0.2, -0.15) is 5.10 Å². The van der Waals surface area contributed by atoms with Crippen LogP contribution in [0.3, 0.4) is 0 Å². The van der Waals surface area contributed by atoms with Gasteiger partial charge in [-0.15, -0.1) is 0 Å². The number of amides is 1. The van der Waals surface area contributed by atoms with Gasteiger partial charge in [0.25, 0.3) is 0 Å². The third-order valence-electron chi connectivity index (χ3n) is 5.12. The Morgan fingerprint density at radius 2 is 1.73 bits per heavy atom. The van der Waals surface area contributed by atoms with Gasteiger partial charge >= 0.3 is 0 Å². The number of carbonyl (C=O) groups excluding carboxylic acids is 1. The van der Waals surface area contributed by atoms with Gasteiger partial charge in [0.1, 0.15) is 0 Å². The number of nitrogens with zero attached hydrogens (tertiary/aromatic N) is 4. The van der Waals surface area contributed by atoms with E-state index in [0.717, 1.165) is 55.4 Å². The van der Waals surface area contributed by atoms with Crippen LogP contribution in [0.2, 0.25) is 0 Å². The maximum absolute atomic E-state index is 12.8. The molecule has 0 radical (unpaired) electrons. The summed E-state index contributed by atoms with van der Waals surface area (Å²) in [4.78, 5) is 17.3. The van der Waals surface area contributed by atoms with Crippen LogP contribution in [0.15, 0.2) is 30.3 Å². The molecular weight excluding hydrogens is 324 g/mol. The second-order valence-corrected chi connectivity index (χ2v) is 7.65. The average Bonchev–Trinajstić information content (AvgIpc) is 2.91. The molecule has 0 spiro atoms. The SMILES string of the molecule is Cc1nn(-c2ccccc2)c(C)c1CC(=O)N1CCN(CC(C)C)CC1. The first-order valence-electron chi connectivity index (χ1n) is 9.56. The van der Waals surface area contributed by atoms with E-state index in [1.54, 1.807) is 0 Å². The van der Waals surface area contributed by atoms with Gasteiger partial charge in [-0.3, -0.25) is 9.69 Å². The van der Waals surface area contributed by atoms with E-state index >= 15 is 0 Å². The number of benzene rings is 1. The van der Waals surface area contributed by atoms with Crippen molar-refractivity contribution in [1.29, 1.82) is 0 Å². The van der Waals surface area contributed by atoms with Crippen LogP contribution in [0.25, 0.3) is 5.69 Å². The van der Waals surface area contributed by atoms with E-state index in [2.05, 4.69) is 30.8 Å². The quantitative estimate of drug-likeness (QED) is 0.829. The number of para-hydroxylation sites is 1. The Morgan fingerprint density at radius 1 is 1.08 bits per heavy atom. The summed E-state index contributed by atoms with van der Waals surface area (Å²) in [5.74, 6) is 0.888. The summed E-state index contributed by atoms with van der Waals surface area (Å²) in [6, 6.07) is 10.1. The zero-order valence-corrected chi connectivity index (χ0v) is 16.4. The first-order valence-corrected chi connectivity index (χ1v) is 9.56. The number of hydrogen-bond acceptors (Lipinski definition) is 3. The highest BCUT2D eigenvalue weighted by Crippen LogP contribution is 2.19. The summed E-state index contributed by atoms with van der Waals surface area (Å²) in [5.41, 5.74) is 4.09. The molecule has 1 aliphatic heterocycles. The van der Waals surface area contributed by atoms with Gasteiger partial charge in [0.2, 0.25) is 5.91 Å². The molecule has 2 heterocycles. The summed E-state index contributed by atoms with van der Waals surface area (Å²) >= 11 is 0. The van der Waals surface area contributed by atoms with Crippen molar-refractivity contribution < 1.29 is 4.79 Å². The van der Waals surface area contributed by atoms with Gasteiger partial charge in [0.15, 0.2) is 0 Å². The minimum Gasteiger partial charge on any atom is -0.340 e. The van der Waals surface area contributed by atoms with Crippen molar-refractivity contribution in [2.24, 2.45) is 5.92 Å². The van der Waals surface area contributed by atoms with E-state index in [1.807, 2.05) is 46.8 Å². The fraction of sp³-hybridized carbons (Fsp3) is 0.524. The first kappa shape index (κ1) is 18.6. The second-order valence-electron chi connectivity index (χ2n) is 7.65. The van der Waals surface area contributed by atoms with Crippen molar-refractivity contribution in [2.45, 2.75) is 34.1 Å². The van der Waals surface area contributed by atoms with E-state index in [9.17, 15) is 4.79 Å². The Labute approximate surface area is 156 Å². The van der Waals surface area contributed by atoms with Crippen molar-refractivity contribution in [3.8, 4) is 5.69 Å². The summed E-state index contributed by atoms with van der Waals surface area (Å²) in [5, 5.41) is 4.66. The largest absolute Gasteiger partial charge is 0.340 e. The van der Waals surface area contributed by atoms with Crippen molar-refractivity contribution in [3.05, 3.63) is 47.3 Å². The van der Waals surface area contributed by atoms with Gasteiger partial charge < -0.3 is 4.90 Å². The van der Waals surface area contributed by atoms with Crippen LogP contribution in [-0.2, 0) is 11.2 Å². The number of aryl methyl sites for hydroxylation is 1. The molecule has 0 unspecified atom stereocenters. The van der Waals surface area contributed by atoms with E-state index < -0.39 is 0 Å². The highest BCUT2D eigenvalue weighted by Gasteiger charge is 2.23. The second kappa shape index (κ2) is 8.04. The van der Waals surface area contributed by atoms with Gasteiger partial charge in [0.05, 0.1) is 17.8 Å². The predicted molar refractivity (Wildman–Crippen MR) is 105 cm³/mol. The van der Waals surface area contributed by atoms with E-state index in [0.29, 0.717) is 12.3 Å². The van der Waals surface area contributed by atoms with Crippen molar-refractivity contribution in [1.82, 2.24) is 19.6 Å². The average molecular weight is 354 g/mol. The number of aromatic nitrogens is 2. The maximum atomic E-state index is 12.8. The molecule has 1 aromatic heterocycles. The van der Waals surface area contributed by atoms with Crippen LogP contribution in [0, 0.1) is 19.8 Å². The van der Waals surface area contributed by atoms with Crippen molar-refractivity contribution >= 4 is 5.91 Å². The Hall–Kier alpha value is -2.14. The number of hydrogen-bond donors (Lipinski definition) is 0. The highest BCUT2D eigenvalue weighted by atomic mass is 16.2. The lowest BCUT2D eigenvalue weighted by molar-refractivity contribution is -0.132. The van der Waals surface area contributed by atoms with Crippen LogP contribution < -0.4 is 0 Å². The summed E-state index contributed by atoms with van der Waals surface area (Å²) in [6.45, 7) is 13.3. The molecule has 1 aliphatic rings. The van der Waals surface area contributed by atoms with Crippen LogP contribution >= 0.6 is 0 Å². The molecular formula is C21H30N4O. The Morgan fingerprint density at radius 3 is 2.35 bits per heavy atom. The van der Waals surface area contributed by atoms with Gasteiger partial charge in [-0.25, -0.2) is 4.68 Å². The monoisotopic (exact) mass is 354 g/mol. The zero-order chi connectivity index (χ0) is 18.7. The minimum atomic E-state index is 0.216. The molecule has 0 aliphatic carbocycles. The van der Waals surface area contributed by atoms with Crippen molar-refractivity contribution in [3.63, 3.8) is 0 Å². The molecule has 26 heavy (non-hydrogen) atoms. The lowest BCUT2D eigenvalue weighted by atomic mass is 10.1. The topological polar surface area (TPSA) is 41.4 Å². The molecule has 5 heteroatoms. The Balaban J connectivity index is 1.66. The lowest BCUT2D eigenvalue weighted by Crippen LogP contribution is -2.49. The summed E-state index contributed by atoms with van der Waals surface area (Å²) in [7, 11) is 0. The predicted octanol–water partition coefficient (Wildman–Crippen LogP) is 2.83. The minimum absolute atomic E-state index is 0.216. The van der Waals surface area contributed by atoms with Gasteiger partial charge in [-0.05, 0) is 31.9 Å². The third kappa shape index (κ3) is 4.15. The first-order chi connectivity index (χ1) is 12.5. The van der Waals surface area contributed by atoms with Crippen LogP contribution in [0.4, 0.5) is 0 Å². The molecule has 1 saturated heterocycles. The normalized spacial score (nSPS) is 15.7. The lowest BCUT2D eigenvalue weighted by Gasteiger charge is -2.35. The molecule has 140 valence electrons. The van der Waals surface area contributed by atoms with E-state index in [4.69, 9.17) is 0 Å². The number of rotatable bonds is 5. The highest BCUT2D eigenvalue weighted by molar-refractivity contribution is 5.79. The molecule has 5 nitrogen and oxygen atoms in total. The standard InChI is InChI=1S/C21H30N4O/c1-16(2)15-23-10-12-24(13-11-23)21(26)14-20-17(3)22-25(18(20)4)19-8-6-5-7-9-19/h5-9,16H,10-15H2,1-4H3. The van der Waals surface area contributed by atoms with Gasteiger partial charge in [-0.1, -0.05) is 32.0 Å². The molecule has 0 atom stereocenters. The molecule has 3 rings (SSSR count). The van der Waals surface area contributed by atoms with E-state index in [-0.39, 0.29) is 5.91 Å². The third-order valence-corrected chi connectivity index (χ3v) is 5.12. The summed E-state index contributed by atoms with van der Waals surface area (Å²) in [6.07, 6.45) is 0.439.